The van der Waals surface area contributed by atoms with Gasteiger partial charge in [0.2, 0.25) is 11.8 Å². The molecule has 0 aliphatic heterocycles. The maximum absolute atomic E-state index is 12.2. The molecule has 0 bridgehead atoms. The van der Waals surface area contributed by atoms with Crippen molar-refractivity contribution in [1.82, 2.24) is 15.5 Å². The zero-order valence-corrected chi connectivity index (χ0v) is 15.0. The third-order valence-corrected chi connectivity index (χ3v) is 3.59. The number of amides is 2. The molecule has 0 aliphatic carbocycles. The molecule has 0 spiro atoms. The summed E-state index contributed by atoms with van der Waals surface area (Å²) in [6.07, 6.45) is 0. The van der Waals surface area contributed by atoms with Gasteiger partial charge in [0.1, 0.15) is 0 Å². The van der Waals surface area contributed by atoms with Crippen LogP contribution < -0.4 is 10.6 Å². The normalized spacial score (nSPS) is 12.3. The lowest BCUT2D eigenvalue weighted by Crippen LogP contribution is -2.44. The van der Waals surface area contributed by atoms with Gasteiger partial charge < -0.3 is 10.6 Å². The second kappa shape index (κ2) is 9.53. The Morgan fingerprint density at radius 3 is 2.26 bits per heavy atom. The molecule has 128 valence electrons. The Morgan fingerprint density at radius 1 is 1.13 bits per heavy atom. The molecular formula is C17H26ClN3O2. The minimum Gasteiger partial charge on any atom is -0.353 e. The topological polar surface area (TPSA) is 61.4 Å². The Morgan fingerprint density at radius 2 is 1.74 bits per heavy atom. The molecule has 1 rings (SSSR count). The molecule has 0 fully saturated rings. The van der Waals surface area contributed by atoms with Crippen molar-refractivity contribution in [3.05, 3.63) is 34.9 Å². The van der Waals surface area contributed by atoms with Crippen LogP contribution in [0.2, 0.25) is 5.02 Å². The summed E-state index contributed by atoms with van der Waals surface area (Å²) in [7, 11) is 0. The summed E-state index contributed by atoms with van der Waals surface area (Å²) in [5.41, 5.74) is 0.950. The van der Waals surface area contributed by atoms with Gasteiger partial charge >= 0.3 is 0 Å². The number of nitrogens with zero attached hydrogens (tertiary/aromatic N) is 1. The van der Waals surface area contributed by atoms with Crippen molar-refractivity contribution < 1.29 is 9.59 Å². The molecule has 0 unspecified atom stereocenters. The van der Waals surface area contributed by atoms with Crippen LogP contribution in [0.25, 0.3) is 0 Å². The molecule has 0 aromatic heterocycles. The summed E-state index contributed by atoms with van der Waals surface area (Å²) in [4.78, 5) is 25.8. The standard InChI is InChI=1S/C17H26ClN3O2/c1-5-21(10-16(22)19-12(2)3)11-17(23)20-13(4)14-7-6-8-15(18)9-14/h6-9,12-13H,5,10-11H2,1-4H3,(H,19,22)(H,20,23)/t13-/m0/s1. The summed E-state index contributed by atoms with van der Waals surface area (Å²) in [5, 5.41) is 6.40. The number of benzene rings is 1. The summed E-state index contributed by atoms with van der Waals surface area (Å²) in [5.74, 6) is -0.186. The lowest BCUT2D eigenvalue weighted by molar-refractivity contribution is -0.125. The van der Waals surface area contributed by atoms with Crippen molar-refractivity contribution in [2.24, 2.45) is 0 Å². The first-order chi connectivity index (χ1) is 10.8. The molecule has 1 aromatic rings. The Balaban J connectivity index is 2.51. The number of hydrogen-bond acceptors (Lipinski definition) is 3. The first kappa shape index (κ1) is 19.5. The van der Waals surface area contributed by atoms with E-state index < -0.39 is 0 Å². The van der Waals surface area contributed by atoms with Gasteiger partial charge in [-0.05, 0) is 45.0 Å². The number of rotatable bonds is 8. The van der Waals surface area contributed by atoms with E-state index in [1.165, 1.54) is 0 Å². The second-order valence-electron chi connectivity index (χ2n) is 5.87. The van der Waals surface area contributed by atoms with Gasteiger partial charge in [-0.2, -0.15) is 0 Å². The second-order valence-corrected chi connectivity index (χ2v) is 6.31. The number of hydrogen-bond donors (Lipinski definition) is 2. The highest BCUT2D eigenvalue weighted by Gasteiger charge is 2.15. The van der Waals surface area contributed by atoms with E-state index in [1.54, 1.807) is 11.0 Å². The van der Waals surface area contributed by atoms with Crippen molar-refractivity contribution >= 4 is 23.4 Å². The van der Waals surface area contributed by atoms with Gasteiger partial charge in [-0.3, -0.25) is 14.5 Å². The minimum atomic E-state index is -0.135. The monoisotopic (exact) mass is 339 g/mol. The van der Waals surface area contributed by atoms with Crippen molar-refractivity contribution in [2.45, 2.75) is 39.8 Å². The summed E-state index contributed by atoms with van der Waals surface area (Å²) in [6.45, 7) is 8.69. The predicted molar refractivity (Wildman–Crippen MR) is 93.4 cm³/mol. The lowest BCUT2D eigenvalue weighted by atomic mass is 10.1. The van der Waals surface area contributed by atoms with Crippen molar-refractivity contribution in [3.8, 4) is 0 Å². The number of carbonyl (C=O) groups excluding carboxylic acids is 2. The Hall–Kier alpha value is -1.59. The number of nitrogens with one attached hydrogen (secondary N) is 2. The zero-order valence-electron chi connectivity index (χ0n) is 14.2. The molecule has 1 aromatic carbocycles. The minimum absolute atomic E-state index is 0.0717. The van der Waals surface area contributed by atoms with E-state index in [-0.39, 0.29) is 37.0 Å². The van der Waals surface area contributed by atoms with Gasteiger partial charge in [0.25, 0.3) is 0 Å². The highest BCUT2D eigenvalue weighted by molar-refractivity contribution is 6.30. The lowest BCUT2D eigenvalue weighted by Gasteiger charge is -2.22. The van der Waals surface area contributed by atoms with Crippen molar-refractivity contribution in [3.63, 3.8) is 0 Å². The van der Waals surface area contributed by atoms with Crippen LogP contribution in [0, 0.1) is 0 Å². The molecule has 0 saturated heterocycles. The van der Waals surface area contributed by atoms with Gasteiger partial charge in [0.05, 0.1) is 19.1 Å². The van der Waals surface area contributed by atoms with E-state index in [0.29, 0.717) is 11.6 Å². The zero-order chi connectivity index (χ0) is 17.4. The number of carbonyl (C=O) groups is 2. The summed E-state index contributed by atoms with van der Waals surface area (Å²) in [6, 6.07) is 7.37. The molecule has 2 amide bonds. The molecule has 0 saturated carbocycles. The first-order valence-corrected chi connectivity index (χ1v) is 8.26. The van der Waals surface area contributed by atoms with Crippen LogP contribution in [0.1, 0.15) is 39.3 Å². The molecule has 2 N–H and O–H groups in total. The average molecular weight is 340 g/mol. The Kier molecular flexibility index (Phi) is 8.06. The summed E-state index contributed by atoms with van der Waals surface area (Å²) >= 11 is 5.97. The molecule has 0 radical (unpaired) electrons. The molecule has 0 aliphatic rings. The van der Waals surface area contributed by atoms with Crippen LogP contribution in [0.15, 0.2) is 24.3 Å². The largest absolute Gasteiger partial charge is 0.353 e. The van der Waals surface area contributed by atoms with Crippen molar-refractivity contribution in [2.75, 3.05) is 19.6 Å². The van der Waals surface area contributed by atoms with Gasteiger partial charge in [0, 0.05) is 11.1 Å². The number of likely N-dealkylation sites (N-methyl/N-ethyl adjacent to an activating group) is 1. The van der Waals surface area contributed by atoms with E-state index in [9.17, 15) is 9.59 Å². The predicted octanol–water partition coefficient (Wildman–Crippen LogP) is 2.36. The number of halogens is 1. The van der Waals surface area contributed by atoms with Gasteiger partial charge in [-0.25, -0.2) is 0 Å². The SMILES string of the molecule is CCN(CC(=O)NC(C)C)CC(=O)N[C@@H](C)c1cccc(Cl)c1. The van der Waals surface area contributed by atoms with E-state index in [1.807, 2.05) is 45.9 Å². The molecule has 1 atom stereocenters. The third-order valence-electron chi connectivity index (χ3n) is 3.36. The van der Waals surface area contributed by atoms with E-state index in [4.69, 9.17) is 11.6 Å². The highest BCUT2D eigenvalue weighted by Crippen LogP contribution is 2.17. The quantitative estimate of drug-likeness (QED) is 0.764. The van der Waals surface area contributed by atoms with E-state index >= 15 is 0 Å². The summed E-state index contributed by atoms with van der Waals surface area (Å²) < 4.78 is 0. The molecular weight excluding hydrogens is 314 g/mol. The van der Waals surface area contributed by atoms with Crippen molar-refractivity contribution in [1.29, 1.82) is 0 Å². The molecule has 23 heavy (non-hydrogen) atoms. The van der Waals surface area contributed by atoms with Crippen LogP contribution in [-0.4, -0.2) is 42.4 Å². The Labute approximate surface area is 143 Å². The van der Waals surface area contributed by atoms with Gasteiger partial charge in [-0.1, -0.05) is 30.7 Å². The van der Waals surface area contributed by atoms with Gasteiger partial charge in [0.15, 0.2) is 0 Å². The van der Waals surface area contributed by atoms with Crippen LogP contribution in [0.5, 0.6) is 0 Å². The fourth-order valence-corrected chi connectivity index (χ4v) is 2.40. The third kappa shape index (κ3) is 7.48. The molecule has 0 heterocycles. The maximum Gasteiger partial charge on any atom is 0.234 e. The average Bonchev–Trinajstić information content (AvgIpc) is 2.45. The molecule has 6 heteroatoms. The highest BCUT2D eigenvalue weighted by atomic mass is 35.5. The van der Waals surface area contributed by atoms with Crippen LogP contribution in [0.4, 0.5) is 0 Å². The molecule has 5 nitrogen and oxygen atoms in total. The fourth-order valence-electron chi connectivity index (χ4n) is 2.20. The smallest absolute Gasteiger partial charge is 0.234 e. The fraction of sp³-hybridized carbons (Fsp3) is 0.529. The van der Waals surface area contributed by atoms with Gasteiger partial charge in [-0.15, -0.1) is 0 Å². The van der Waals surface area contributed by atoms with Crippen LogP contribution >= 0.6 is 11.6 Å². The Bertz CT molecular complexity index is 534. The first-order valence-electron chi connectivity index (χ1n) is 7.88. The van der Waals surface area contributed by atoms with Crippen LogP contribution in [0.3, 0.4) is 0 Å². The maximum atomic E-state index is 12.2. The van der Waals surface area contributed by atoms with E-state index in [0.717, 1.165) is 5.56 Å². The van der Waals surface area contributed by atoms with Crippen LogP contribution in [-0.2, 0) is 9.59 Å². The van der Waals surface area contributed by atoms with E-state index in [2.05, 4.69) is 10.6 Å².